The van der Waals surface area contributed by atoms with Crippen LogP contribution in [0, 0.1) is 31.1 Å². The number of hydrogen-bond acceptors (Lipinski definition) is 0. The number of terminal acetylenes is 1. The zero-order chi connectivity index (χ0) is 42.2. The van der Waals surface area contributed by atoms with E-state index >= 15 is 0 Å². The van der Waals surface area contributed by atoms with Crippen LogP contribution in [0.15, 0.2) is 182 Å². The zero-order valence-corrected chi connectivity index (χ0v) is 35.3. The highest BCUT2D eigenvalue weighted by atomic mass is 14.7. The van der Waals surface area contributed by atoms with Gasteiger partial charge in [-0.2, -0.15) is 0 Å². The van der Waals surface area contributed by atoms with Gasteiger partial charge in [-0.3, -0.25) is 0 Å². The molecule has 0 saturated heterocycles. The first-order chi connectivity index (χ1) is 30.5. The first-order valence-corrected chi connectivity index (χ1v) is 21.6. The molecule has 9 aromatic rings. The molecule has 62 heavy (non-hydrogen) atoms. The molecule has 1 aromatic heterocycles. The molecule has 16 bridgehead atoms. The van der Waals surface area contributed by atoms with Crippen molar-refractivity contribution in [2.45, 2.75) is 33.6 Å². The number of aryl methyl sites for hydroxylation is 1. The molecular weight excluding hydrogens is 747 g/mol. The predicted molar refractivity (Wildman–Crippen MR) is 262 cm³/mol. The highest BCUT2D eigenvalue weighted by Gasteiger charge is 2.13. The van der Waals surface area contributed by atoms with Gasteiger partial charge in [0.05, 0.1) is 5.69 Å². The van der Waals surface area contributed by atoms with Crippen LogP contribution in [0.4, 0.5) is 0 Å². The molecular formula is C61H45N. The Hall–Kier alpha value is -7.84. The summed E-state index contributed by atoms with van der Waals surface area (Å²) < 4.78 is 0. The van der Waals surface area contributed by atoms with Crippen molar-refractivity contribution in [3.05, 3.63) is 216 Å². The molecule has 294 valence electrons. The fraction of sp³-hybridized carbons (Fsp3) is 0.0820. The van der Waals surface area contributed by atoms with Gasteiger partial charge in [0.2, 0.25) is 0 Å². The summed E-state index contributed by atoms with van der Waals surface area (Å²) in [7, 11) is 0. The molecule has 0 saturated carbocycles. The van der Waals surface area contributed by atoms with E-state index in [1.807, 2.05) is 0 Å². The lowest BCUT2D eigenvalue weighted by Gasteiger charge is -2.12. The summed E-state index contributed by atoms with van der Waals surface area (Å²) in [4.78, 5) is 3.60. The quantitative estimate of drug-likeness (QED) is 0.168. The zero-order valence-electron chi connectivity index (χ0n) is 35.3. The maximum atomic E-state index is 6.11. The number of nitrogens with one attached hydrogen (secondary N) is 1. The van der Waals surface area contributed by atoms with Gasteiger partial charge in [-0.05, 0) is 138 Å². The molecule has 1 N–H and O–H groups in total. The number of rotatable bonds is 2. The summed E-state index contributed by atoms with van der Waals surface area (Å²) in [5, 5.41) is 0. The van der Waals surface area contributed by atoms with E-state index in [0.717, 1.165) is 79.7 Å². The number of aromatic nitrogens is 1. The van der Waals surface area contributed by atoms with E-state index in [1.54, 1.807) is 0 Å². The van der Waals surface area contributed by atoms with Crippen molar-refractivity contribution < 1.29 is 0 Å². The van der Waals surface area contributed by atoms with Crippen LogP contribution in [0.3, 0.4) is 0 Å². The third-order valence-electron chi connectivity index (χ3n) is 12.6. The van der Waals surface area contributed by atoms with E-state index in [2.05, 4.69) is 226 Å². The lowest BCUT2D eigenvalue weighted by molar-refractivity contribution is 1.04. The maximum Gasteiger partial charge on any atom is 0.0934 e. The van der Waals surface area contributed by atoms with Crippen LogP contribution in [0.1, 0.15) is 47.5 Å². The van der Waals surface area contributed by atoms with Crippen LogP contribution in [-0.4, -0.2) is 4.98 Å². The normalized spacial score (nSPS) is 11.1. The monoisotopic (exact) mass is 791 g/mol. The first kappa shape index (κ1) is 38.4. The van der Waals surface area contributed by atoms with E-state index in [1.165, 1.54) is 55.8 Å². The molecule has 0 fully saturated rings. The predicted octanol–water partition coefficient (Wildman–Crippen LogP) is 15.5. The molecule has 0 radical (unpaired) electrons. The summed E-state index contributed by atoms with van der Waals surface area (Å²) >= 11 is 0. The van der Waals surface area contributed by atoms with Crippen molar-refractivity contribution in [3.63, 3.8) is 0 Å². The second kappa shape index (κ2) is 16.3. The molecule has 1 heteroatoms. The lowest BCUT2D eigenvalue weighted by atomic mass is 9.92. The molecule has 1 heterocycles. The average molecular weight is 792 g/mol. The Labute approximate surface area is 365 Å². The average Bonchev–Trinajstić information content (AvgIpc) is 3.66. The van der Waals surface area contributed by atoms with Gasteiger partial charge in [0, 0.05) is 16.8 Å². The number of hydrogen-bond donors (Lipinski definition) is 1. The molecule has 0 amide bonds. The van der Waals surface area contributed by atoms with Crippen molar-refractivity contribution in [2.24, 2.45) is 0 Å². The van der Waals surface area contributed by atoms with E-state index in [9.17, 15) is 0 Å². The summed E-state index contributed by atoms with van der Waals surface area (Å²) in [6.45, 7) is 6.60. The standard InChI is InChI=1S/C61H45N/c1-5-41-38-54-32-35-59(41)52-28-24-48(25-29-52)44-12-8-43(9-13-44)47-18-22-51(23-19-47)55-33-36-60(56(39-55)34-37-61-58(7-3)57(6-2)40(4)62-61)53-30-26-49(27-31-53)45-14-10-42(11-15-45)46-16-20-50(54)21-17-46/h1,8-33,35-36,38-39,62H,6-7H2,2-4H3. The molecule has 8 aromatic carbocycles. The van der Waals surface area contributed by atoms with Gasteiger partial charge in [-0.1, -0.05) is 196 Å². The Morgan fingerprint density at radius 3 is 0.984 bits per heavy atom. The number of H-pyrrole nitrogens is 1. The van der Waals surface area contributed by atoms with Gasteiger partial charge in [0.25, 0.3) is 0 Å². The van der Waals surface area contributed by atoms with Crippen LogP contribution >= 0.6 is 0 Å². The number of benzene rings is 8. The van der Waals surface area contributed by atoms with E-state index in [4.69, 9.17) is 6.42 Å². The van der Waals surface area contributed by atoms with E-state index in [0.29, 0.717) is 0 Å². The van der Waals surface area contributed by atoms with Crippen molar-refractivity contribution in [1.29, 1.82) is 0 Å². The van der Waals surface area contributed by atoms with Crippen LogP contribution in [-0.2, 0) is 12.8 Å². The Morgan fingerprint density at radius 1 is 0.355 bits per heavy atom. The fourth-order valence-corrected chi connectivity index (χ4v) is 9.10. The van der Waals surface area contributed by atoms with Gasteiger partial charge in [-0.15, -0.1) is 6.42 Å². The summed E-state index contributed by atoms with van der Waals surface area (Å²) in [6.07, 6.45) is 8.05. The second-order valence-electron chi connectivity index (χ2n) is 16.2. The first-order valence-electron chi connectivity index (χ1n) is 21.6. The Bertz CT molecular complexity index is 3190. The minimum absolute atomic E-state index is 0.883. The van der Waals surface area contributed by atoms with Crippen molar-refractivity contribution in [1.82, 2.24) is 4.98 Å². The molecule has 31 rings (SSSR count). The van der Waals surface area contributed by atoms with Crippen LogP contribution in [0.25, 0.3) is 89.0 Å². The Morgan fingerprint density at radius 2 is 0.645 bits per heavy atom. The molecule has 1 nitrogen and oxygen atoms in total. The van der Waals surface area contributed by atoms with Gasteiger partial charge >= 0.3 is 0 Å². The smallest absolute Gasteiger partial charge is 0.0934 e. The second-order valence-corrected chi connectivity index (χ2v) is 16.2. The highest BCUT2D eigenvalue weighted by molar-refractivity contribution is 5.82. The molecule has 22 aliphatic carbocycles. The van der Waals surface area contributed by atoms with Crippen molar-refractivity contribution in [3.8, 4) is 113 Å². The van der Waals surface area contributed by atoms with Crippen molar-refractivity contribution >= 4 is 0 Å². The highest BCUT2D eigenvalue weighted by Crippen LogP contribution is 2.35. The fourth-order valence-electron chi connectivity index (χ4n) is 9.10. The maximum absolute atomic E-state index is 6.11. The largest absolute Gasteiger partial charge is 0.352 e. The van der Waals surface area contributed by atoms with E-state index in [-0.39, 0.29) is 0 Å². The SMILES string of the molecule is C#Cc1cc2ccc1-c1ccc(cc1)-c1ccc(cc1)-c1ccc(cc1)-c1ccc(c(C#Cc3[nH]c(C)c(CC)c3CC)c1)-c1ccc(cc1)-c1ccc(cc1)-c1ccc-2cc1. The van der Waals surface area contributed by atoms with Gasteiger partial charge < -0.3 is 4.98 Å². The third-order valence-corrected chi connectivity index (χ3v) is 12.6. The molecule has 22 aliphatic rings. The lowest BCUT2D eigenvalue weighted by Crippen LogP contribution is -1.90. The summed E-state index contributed by atoms with van der Waals surface area (Å²) in [5.41, 5.74) is 25.2. The van der Waals surface area contributed by atoms with Gasteiger partial charge in [0.1, 0.15) is 0 Å². The minimum Gasteiger partial charge on any atom is -0.352 e. The minimum atomic E-state index is 0.883. The Kier molecular flexibility index (Phi) is 10.1. The topological polar surface area (TPSA) is 15.8 Å². The molecule has 0 unspecified atom stereocenters. The summed E-state index contributed by atoms with van der Waals surface area (Å²) in [5.74, 6) is 10.2. The van der Waals surface area contributed by atoms with Crippen LogP contribution < -0.4 is 0 Å². The number of aromatic amines is 1. The molecule has 0 spiro atoms. The van der Waals surface area contributed by atoms with Crippen LogP contribution in [0.2, 0.25) is 0 Å². The van der Waals surface area contributed by atoms with Gasteiger partial charge in [0.15, 0.2) is 0 Å². The third kappa shape index (κ3) is 7.26. The van der Waals surface area contributed by atoms with Crippen molar-refractivity contribution in [2.75, 3.05) is 0 Å². The van der Waals surface area contributed by atoms with Gasteiger partial charge in [-0.25, -0.2) is 0 Å². The summed E-state index contributed by atoms with van der Waals surface area (Å²) in [6, 6.07) is 66.1. The molecule has 0 aliphatic heterocycles. The van der Waals surface area contributed by atoms with E-state index < -0.39 is 0 Å². The molecule has 0 atom stereocenters. The van der Waals surface area contributed by atoms with Crippen LogP contribution in [0.5, 0.6) is 0 Å². The Balaban J connectivity index is 1.07.